The highest BCUT2D eigenvalue weighted by Gasteiger charge is 2.29. The molecule has 2 aromatic rings. The van der Waals surface area contributed by atoms with Gasteiger partial charge in [0.1, 0.15) is 5.76 Å². The number of halogens is 2. The molecule has 1 aromatic carbocycles. The summed E-state index contributed by atoms with van der Waals surface area (Å²) < 4.78 is 5.56. The summed E-state index contributed by atoms with van der Waals surface area (Å²) in [4.78, 5) is 13.8. The van der Waals surface area contributed by atoms with Gasteiger partial charge < -0.3 is 9.52 Å². The number of carbonyl (C=O) groups is 1. The molecule has 1 aliphatic heterocycles. The molecule has 1 N–H and O–H groups in total. The topological polar surface area (TPSA) is 53.7 Å². The molecule has 0 amide bonds. The van der Waals surface area contributed by atoms with E-state index < -0.39 is 11.4 Å². The van der Waals surface area contributed by atoms with Crippen molar-refractivity contribution in [2.24, 2.45) is 5.41 Å². The number of carboxylic acids is 1. The van der Waals surface area contributed by atoms with Crippen molar-refractivity contribution in [2.45, 2.75) is 58.5 Å². The van der Waals surface area contributed by atoms with Crippen molar-refractivity contribution in [1.82, 2.24) is 4.90 Å². The second-order valence-electron chi connectivity index (χ2n) is 8.06. The Bertz CT molecular complexity index is 788. The molecule has 0 bridgehead atoms. The Hall–Kier alpha value is -1.49. The molecule has 1 unspecified atom stereocenters. The number of nitrogens with zero attached hydrogens (tertiary/aromatic N) is 1. The van der Waals surface area contributed by atoms with E-state index >= 15 is 0 Å². The first kappa shape index (κ1) is 22.8. The lowest BCUT2D eigenvalue weighted by Crippen LogP contribution is -2.34. The molecule has 0 fully saturated rings. The third-order valence-corrected chi connectivity index (χ3v) is 5.99. The van der Waals surface area contributed by atoms with Gasteiger partial charge in [-0.1, -0.05) is 42.6 Å². The molecule has 6 heteroatoms. The van der Waals surface area contributed by atoms with E-state index in [9.17, 15) is 9.90 Å². The van der Waals surface area contributed by atoms with Crippen molar-refractivity contribution in [3.05, 3.63) is 58.5 Å². The standard InChI is InChI=1S/C22H28ClNO3.ClH/c1-22(2,21(25)26)12-6-5-9-19(17-7-3-4-8-18(17)23)24-13-10-20-16(15-24)11-14-27-20;/h3-4,7-8,11,14,19H,5-6,9-10,12-13,15H2,1-2H3,(H,25,26);1H. The van der Waals surface area contributed by atoms with Crippen LogP contribution in [0.25, 0.3) is 0 Å². The first-order chi connectivity index (χ1) is 12.9. The molecule has 154 valence electrons. The fourth-order valence-electron chi connectivity index (χ4n) is 3.83. The molecule has 4 nitrogen and oxygen atoms in total. The predicted octanol–water partition coefficient (Wildman–Crippen LogP) is 6.13. The van der Waals surface area contributed by atoms with Crippen LogP contribution in [0.1, 0.15) is 62.5 Å². The van der Waals surface area contributed by atoms with E-state index in [0.29, 0.717) is 6.42 Å². The van der Waals surface area contributed by atoms with Gasteiger partial charge in [-0.3, -0.25) is 9.69 Å². The molecule has 0 saturated carbocycles. The average Bonchev–Trinajstić information content (AvgIpc) is 3.10. The van der Waals surface area contributed by atoms with E-state index in [-0.39, 0.29) is 18.4 Å². The number of aliphatic carboxylic acids is 1. The number of hydrogen-bond donors (Lipinski definition) is 1. The molecule has 0 spiro atoms. The minimum absolute atomic E-state index is 0. The maximum Gasteiger partial charge on any atom is 0.309 e. The average molecular weight is 426 g/mol. The van der Waals surface area contributed by atoms with Gasteiger partial charge in [-0.25, -0.2) is 0 Å². The monoisotopic (exact) mass is 425 g/mol. The summed E-state index contributed by atoms with van der Waals surface area (Å²) in [6, 6.07) is 10.3. The van der Waals surface area contributed by atoms with Crippen LogP contribution in [0.4, 0.5) is 0 Å². The van der Waals surface area contributed by atoms with Gasteiger partial charge in [0.2, 0.25) is 0 Å². The fraction of sp³-hybridized carbons (Fsp3) is 0.500. The Morgan fingerprint density at radius 1 is 1.29 bits per heavy atom. The summed E-state index contributed by atoms with van der Waals surface area (Å²) in [5.74, 6) is 0.362. The largest absolute Gasteiger partial charge is 0.481 e. The van der Waals surface area contributed by atoms with Crippen LogP contribution >= 0.6 is 24.0 Å². The number of rotatable bonds is 8. The molecule has 28 heavy (non-hydrogen) atoms. The molecular formula is C22H29Cl2NO3. The zero-order valence-electron chi connectivity index (χ0n) is 16.5. The molecule has 3 rings (SSSR count). The van der Waals surface area contributed by atoms with Crippen molar-refractivity contribution in [3.63, 3.8) is 0 Å². The lowest BCUT2D eigenvalue weighted by atomic mass is 9.86. The first-order valence-electron chi connectivity index (χ1n) is 9.65. The molecule has 1 aliphatic rings. The molecule has 1 atom stereocenters. The van der Waals surface area contributed by atoms with E-state index in [1.807, 2.05) is 18.2 Å². The third kappa shape index (κ3) is 5.31. The van der Waals surface area contributed by atoms with E-state index in [0.717, 1.165) is 55.1 Å². The second-order valence-corrected chi connectivity index (χ2v) is 8.47. The summed E-state index contributed by atoms with van der Waals surface area (Å²) in [5, 5.41) is 10.1. The fourth-order valence-corrected chi connectivity index (χ4v) is 4.09. The van der Waals surface area contributed by atoms with Gasteiger partial charge in [0.25, 0.3) is 0 Å². The zero-order valence-corrected chi connectivity index (χ0v) is 18.1. The highest BCUT2D eigenvalue weighted by molar-refractivity contribution is 6.31. The predicted molar refractivity (Wildman–Crippen MR) is 114 cm³/mol. The van der Waals surface area contributed by atoms with Crippen molar-refractivity contribution >= 4 is 30.0 Å². The maximum atomic E-state index is 11.3. The van der Waals surface area contributed by atoms with E-state index in [2.05, 4.69) is 17.0 Å². The number of benzene rings is 1. The van der Waals surface area contributed by atoms with E-state index in [1.165, 1.54) is 5.56 Å². The van der Waals surface area contributed by atoms with Crippen LogP contribution < -0.4 is 0 Å². The summed E-state index contributed by atoms with van der Waals surface area (Å²) in [6.07, 6.45) is 6.20. The Kier molecular flexibility index (Phi) is 7.99. The molecular weight excluding hydrogens is 397 g/mol. The van der Waals surface area contributed by atoms with Crippen LogP contribution in [0.3, 0.4) is 0 Å². The number of furan rings is 1. The Morgan fingerprint density at radius 2 is 2.04 bits per heavy atom. The highest BCUT2D eigenvalue weighted by atomic mass is 35.5. The summed E-state index contributed by atoms with van der Waals surface area (Å²) >= 11 is 6.52. The molecule has 0 aliphatic carbocycles. The summed E-state index contributed by atoms with van der Waals surface area (Å²) in [5.41, 5.74) is 1.74. The minimum atomic E-state index is -0.728. The van der Waals surface area contributed by atoms with Gasteiger partial charge >= 0.3 is 5.97 Å². The number of hydrogen-bond acceptors (Lipinski definition) is 3. The van der Waals surface area contributed by atoms with Crippen LogP contribution in [-0.2, 0) is 17.8 Å². The van der Waals surface area contributed by atoms with Gasteiger partial charge in [-0.15, -0.1) is 12.4 Å². The van der Waals surface area contributed by atoms with Crippen LogP contribution in [0, 0.1) is 5.41 Å². The SMILES string of the molecule is CC(C)(CCCCC(c1ccccc1Cl)N1CCc2occc2C1)C(=O)O.Cl. The molecule has 0 saturated heterocycles. The van der Waals surface area contributed by atoms with Gasteiger partial charge in [0.05, 0.1) is 11.7 Å². The smallest absolute Gasteiger partial charge is 0.309 e. The molecule has 1 aromatic heterocycles. The van der Waals surface area contributed by atoms with Crippen molar-refractivity contribution in [2.75, 3.05) is 6.54 Å². The summed E-state index contributed by atoms with van der Waals surface area (Å²) in [6.45, 7) is 5.40. The Balaban J connectivity index is 0.00000280. The van der Waals surface area contributed by atoms with Crippen molar-refractivity contribution in [1.29, 1.82) is 0 Å². The minimum Gasteiger partial charge on any atom is -0.481 e. The van der Waals surface area contributed by atoms with Gasteiger partial charge in [0, 0.05) is 36.1 Å². The van der Waals surface area contributed by atoms with Crippen LogP contribution in [0.15, 0.2) is 41.0 Å². The van der Waals surface area contributed by atoms with E-state index in [1.54, 1.807) is 20.1 Å². The Labute approximate surface area is 178 Å². The van der Waals surface area contributed by atoms with Gasteiger partial charge in [0.15, 0.2) is 0 Å². The van der Waals surface area contributed by atoms with Gasteiger partial charge in [-0.05, 0) is 44.4 Å². The zero-order chi connectivity index (χ0) is 19.4. The highest BCUT2D eigenvalue weighted by Crippen LogP contribution is 2.36. The Morgan fingerprint density at radius 3 is 2.75 bits per heavy atom. The molecule has 0 radical (unpaired) electrons. The quantitative estimate of drug-likeness (QED) is 0.517. The lowest BCUT2D eigenvalue weighted by molar-refractivity contribution is -0.147. The van der Waals surface area contributed by atoms with E-state index in [4.69, 9.17) is 16.0 Å². The first-order valence-corrected chi connectivity index (χ1v) is 10.0. The lowest BCUT2D eigenvalue weighted by Gasteiger charge is -2.35. The number of carboxylic acid groups (broad SMARTS) is 1. The third-order valence-electron chi connectivity index (χ3n) is 5.65. The van der Waals surface area contributed by atoms with Crippen molar-refractivity contribution in [3.8, 4) is 0 Å². The van der Waals surface area contributed by atoms with Crippen LogP contribution in [0.5, 0.6) is 0 Å². The van der Waals surface area contributed by atoms with Crippen molar-refractivity contribution < 1.29 is 14.3 Å². The molecule has 2 heterocycles. The summed E-state index contributed by atoms with van der Waals surface area (Å²) in [7, 11) is 0. The van der Waals surface area contributed by atoms with Crippen LogP contribution in [0.2, 0.25) is 5.02 Å². The maximum absolute atomic E-state index is 11.3. The number of unbranched alkanes of at least 4 members (excludes halogenated alkanes) is 1. The second kappa shape index (κ2) is 9.82. The van der Waals surface area contributed by atoms with Gasteiger partial charge in [-0.2, -0.15) is 0 Å². The number of fused-ring (bicyclic) bond motifs is 1. The normalized spacial score (nSPS) is 15.5. The van der Waals surface area contributed by atoms with Crippen LogP contribution in [-0.4, -0.2) is 22.5 Å².